The minimum absolute atomic E-state index is 0. The molecule has 1 aromatic heterocycles. The molecule has 7 nitrogen and oxygen atoms in total. The van der Waals surface area contributed by atoms with Gasteiger partial charge in [0.25, 0.3) is 0 Å². The van der Waals surface area contributed by atoms with Crippen LogP contribution in [0.4, 0.5) is 14.8 Å². The second-order valence-corrected chi connectivity index (χ2v) is 6.69. The topological polar surface area (TPSA) is 83.8 Å². The molecule has 146 valence electrons. The van der Waals surface area contributed by atoms with Gasteiger partial charge >= 0.3 is 5.97 Å². The summed E-state index contributed by atoms with van der Waals surface area (Å²) in [7, 11) is 1.45. The first-order valence-corrected chi connectivity index (χ1v) is 8.67. The van der Waals surface area contributed by atoms with Crippen molar-refractivity contribution < 1.29 is 23.7 Å². The fraction of sp³-hybridized carbons (Fsp3) is 0.444. The van der Waals surface area contributed by atoms with E-state index >= 15 is 0 Å². The summed E-state index contributed by atoms with van der Waals surface area (Å²) in [6.07, 6.45) is 3.15. The molecule has 1 saturated carbocycles. The van der Waals surface area contributed by atoms with E-state index < -0.39 is 17.2 Å². The van der Waals surface area contributed by atoms with E-state index in [0.29, 0.717) is 30.0 Å². The van der Waals surface area contributed by atoms with Crippen molar-refractivity contribution in [3.05, 3.63) is 33.9 Å². The first kappa shape index (κ1) is 19.1. The number of hydrogen-bond donors (Lipinski definition) is 2. The number of halogens is 2. The molecule has 2 aliphatic rings. The van der Waals surface area contributed by atoms with Gasteiger partial charge in [-0.2, -0.15) is 0 Å². The fourth-order valence-corrected chi connectivity index (χ4v) is 3.61. The van der Waals surface area contributed by atoms with E-state index in [1.54, 1.807) is 4.57 Å². The van der Waals surface area contributed by atoms with Gasteiger partial charge in [-0.05, 0) is 18.9 Å². The van der Waals surface area contributed by atoms with Gasteiger partial charge in [0.15, 0.2) is 11.6 Å². The summed E-state index contributed by atoms with van der Waals surface area (Å²) in [4.78, 5) is 26.0. The Morgan fingerprint density at radius 3 is 2.56 bits per heavy atom. The highest BCUT2D eigenvalue weighted by atomic mass is 19.1. The lowest BCUT2D eigenvalue weighted by Crippen LogP contribution is -2.44. The Morgan fingerprint density at radius 1 is 1.33 bits per heavy atom. The third-order valence-corrected chi connectivity index (χ3v) is 5.01. The summed E-state index contributed by atoms with van der Waals surface area (Å²) in [5, 5.41) is 12.6. The van der Waals surface area contributed by atoms with Gasteiger partial charge in [-0.1, -0.05) is 0 Å². The van der Waals surface area contributed by atoms with Gasteiger partial charge in [-0.3, -0.25) is 9.50 Å². The predicted molar refractivity (Wildman–Crippen MR) is 97.5 cm³/mol. The highest BCUT2D eigenvalue weighted by Gasteiger charge is 2.31. The third kappa shape index (κ3) is 3.12. The number of aromatic nitrogens is 1. The van der Waals surface area contributed by atoms with Crippen LogP contribution in [0.15, 0.2) is 17.1 Å². The molecule has 27 heavy (non-hydrogen) atoms. The van der Waals surface area contributed by atoms with Crippen molar-refractivity contribution in [2.45, 2.75) is 18.9 Å². The largest absolute Gasteiger partial charge is 0.492 e. The zero-order valence-electron chi connectivity index (χ0n) is 14.8. The van der Waals surface area contributed by atoms with Gasteiger partial charge in [-0.15, -0.1) is 0 Å². The average molecular weight is 381 g/mol. The van der Waals surface area contributed by atoms with Crippen molar-refractivity contribution in [3.8, 4) is 5.75 Å². The summed E-state index contributed by atoms with van der Waals surface area (Å²) in [5.41, 5.74) is -0.229. The number of carbonyl (C=O) groups is 1. The molecule has 0 unspecified atom stereocenters. The molecule has 1 aromatic carbocycles. The minimum Gasteiger partial charge on any atom is -0.492 e. The van der Waals surface area contributed by atoms with E-state index in [4.69, 9.17) is 4.74 Å². The molecule has 2 fully saturated rings. The smallest absolute Gasteiger partial charge is 0.341 e. The fourth-order valence-electron chi connectivity index (χ4n) is 3.61. The van der Waals surface area contributed by atoms with Crippen LogP contribution in [-0.4, -0.2) is 48.9 Å². The highest BCUT2D eigenvalue weighted by molar-refractivity contribution is 5.97. The van der Waals surface area contributed by atoms with E-state index in [9.17, 15) is 19.1 Å². The molecule has 0 spiro atoms. The number of carboxylic acids is 1. The van der Waals surface area contributed by atoms with Crippen LogP contribution in [-0.2, 0) is 0 Å². The van der Waals surface area contributed by atoms with Crippen molar-refractivity contribution in [3.63, 3.8) is 0 Å². The van der Waals surface area contributed by atoms with Gasteiger partial charge < -0.3 is 24.6 Å². The van der Waals surface area contributed by atoms with Gasteiger partial charge in [0.05, 0.1) is 18.0 Å². The molecule has 2 N–H and O–H groups in total. The number of aromatic carboxylic acids is 1. The first-order valence-electron chi connectivity index (χ1n) is 8.67. The number of carboxylic acid groups (broad SMARTS) is 1. The number of nitrogens with one attached hydrogen (secondary N) is 1. The number of rotatable bonds is 4. The monoisotopic (exact) mass is 381 g/mol. The van der Waals surface area contributed by atoms with Gasteiger partial charge in [0.1, 0.15) is 11.3 Å². The lowest BCUT2D eigenvalue weighted by Gasteiger charge is -2.31. The van der Waals surface area contributed by atoms with Gasteiger partial charge in [-0.25, -0.2) is 9.18 Å². The predicted octanol–water partition coefficient (Wildman–Crippen LogP) is 1.74. The van der Waals surface area contributed by atoms with Crippen molar-refractivity contribution >= 4 is 22.6 Å². The van der Waals surface area contributed by atoms with Crippen LogP contribution in [0, 0.1) is 5.82 Å². The maximum absolute atomic E-state index is 15.0. The summed E-state index contributed by atoms with van der Waals surface area (Å²) < 4.78 is 22.3. The average Bonchev–Trinajstić information content (AvgIpc) is 3.47. The maximum atomic E-state index is 15.0. The SMILES string of the molecule is COc1c(N2CCNCC2)c(F)cc2c(=O)c(C(=O)O)cn(C3CC3)c12.F. The van der Waals surface area contributed by atoms with E-state index in [1.807, 2.05) is 4.90 Å². The molecule has 9 heteroatoms. The summed E-state index contributed by atoms with van der Waals surface area (Å²) in [6, 6.07) is 1.26. The van der Waals surface area contributed by atoms with E-state index in [0.717, 1.165) is 32.0 Å². The zero-order valence-corrected chi connectivity index (χ0v) is 14.8. The first-order chi connectivity index (χ1) is 12.5. The number of nitrogens with zero attached hydrogens (tertiary/aromatic N) is 2. The molecule has 0 bridgehead atoms. The Kier molecular flexibility index (Phi) is 5.05. The summed E-state index contributed by atoms with van der Waals surface area (Å²) in [6.45, 7) is 2.71. The number of piperazine rings is 1. The second kappa shape index (κ2) is 7.15. The Labute approximate surface area is 153 Å². The lowest BCUT2D eigenvalue weighted by molar-refractivity contribution is 0.0695. The molecular weight excluding hydrogens is 360 g/mol. The molecular formula is C18H21F2N3O4. The van der Waals surface area contributed by atoms with Crippen LogP contribution in [0.1, 0.15) is 29.2 Å². The lowest BCUT2D eigenvalue weighted by atomic mass is 10.1. The van der Waals surface area contributed by atoms with Gasteiger partial charge in [0, 0.05) is 38.4 Å². The molecule has 1 aliphatic heterocycles. The van der Waals surface area contributed by atoms with Crippen LogP contribution >= 0.6 is 0 Å². The van der Waals surface area contributed by atoms with Crippen LogP contribution in [0.2, 0.25) is 0 Å². The van der Waals surface area contributed by atoms with Crippen molar-refractivity contribution in [2.75, 3.05) is 38.2 Å². The molecule has 2 aromatic rings. The Morgan fingerprint density at radius 2 is 2.00 bits per heavy atom. The normalized spacial score (nSPS) is 16.9. The van der Waals surface area contributed by atoms with Crippen LogP contribution in [0.5, 0.6) is 5.75 Å². The second-order valence-electron chi connectivity index (χ2n) is 6.69. The quantitative estimate of drug-likeness (QED) is 0.840. The summed E-state index contributed by atoms with van der Waals surface area (Å²) >= 11 is 0. The number of benzene rings is 1. The van der Waals surface area contributed by atoms with Crippen LogP contribution in [0.25, 0.3) is 10.9 Å². The Bertz CT molecular complexity index is 950. The van der Waals surface area contributed by atoms with Crippen LogP contribution < -0.4 is 20.4 Å². The third-order valence-electron chi connectivity index (χ3n) is 5.01. The zero-order chi connectivity index (χ0) is 18.4. The molecule has 2 heterocycles. The number of anilines is 1. The van der Waals surface area contributed by atoms with E-state index in [-0.39, 0.29) is 21.7 Å². The molecule has 4 rings (SSSR count). The highest BCUT2D eigenvalue weighted by Crippen LogP contribution is 2.43. The van der Waals surface area contributed by atoms with Gasteiger partial charge in [0.2, 0.25) is 5.43 Å². The van der Waals surface area contributed by atoms with Crippen molar-refractivity contribution in [2.24, 2.45) is 0 Å². The van der Waals surface area contributed by atoms with E-state index in [2.05, 4.69) is 5.32 Å². The standard InChI is InChI=1S/C18H20FN3O4.FH/c1-26-17-14-11(8-13(19)15(17)21-6-4-20-5-7-21)16(23)12(18(24)25)9-22(14)10-2-3-10;/h8-10,20H,2-7H2,1H3,(H,24,25);1H. The Balaban J connectivity index is 0.00000210. The molecule has 1 aliphatic carbocycles. The minimum atomic E-state index is -1.31. The van der Waals surface area contributed by atoms with E-state index in [1.165, 1.54) is 13.3 Å². The van der Waals surface area contributed by atoms with Crippen LogP contribution in [0.3, 0.4) is 0 Å². The van der Waals surface area contributed by atoms with Crippen molar-refractivity contribution in [1.82, 2.24) is 9.88 Å². The molecule has 0 radical (unpaired) electrons. The van der Waals surface area contributed by atoms with Crippen molar-refractivity contribution in [1.29, 1.82) is 0 Å². The number of hydrogen-bond acceptors (Lipinski definition) is 5. The number of methoxy groups -OCH3 is 1. The number of fused-ring (bicyclic) bond motifs is 1. The Hall–Kier alpha value is -2.68. The molecule has 1 saturated heterocycles. The summed E-state index contributed by atoms with van der Waals surface area (Å²) in [5.74, 6) is -1.59. The maximum Gasteiger partial charge on any atom is 0.341 e. The molecule has 0 atom stereocenters. The number of pyridine rings is 1. The molecule has 0 amide bonds. The number of ether oxygens (including phenoxy) is 1.